The largest absolute Gasteiger partial charge is 0.284 e. The fourth-order valence-corrected chi connectivity index (χ4v) is 3.68. The number of hydrogen-bond donors (Lipinski definition) is 1. The summed E-state index contributed by atoms with van der Waals surface area (Å²) in [6, 6.07) is 7.20. The molecule has 0 aliphatic heterocycles. The van der Waals surface area contributed by atoms with E-state index in [1.807, 2.05) is 17.5 Å². The number of hydrogen-bond acceptors (Lipinski definition) is 4. The summed E-state index contributed by atoms with van der Waals surface area (Å²) in [4.78, 5) is 4.21. The smallest absolute Gasteiger partial charge is 0.232 e. The van der Waals surface area contributed by atoms with E-state index >= 15 is 0 Å². The van der Waals surface area contributed by atoms with Crippen LogP contribution in [-0.4, -0.2) is 25.0 Å². The summed E-state index contributed by atoms with van der Waals surface area (Å²) in [5, 5.41) is 2.82. The Morgan fingerprint density at radius 1 is 1.20 bits per heavy atom. The average Bonchev–Trinajstić information content (AvgIpc) is 2.93. The van der Waals surface area contributed by atoms with E-state index in [1.165, 1.54) is 0 Å². The molecule has 0 aliphatic rings. The number of benzene rings is 1. The predicted octanol–water partition coefficient (Wildman–Crippen LogP) is 3.57. The number of sulfonamides is 1. The second kappa shape index (κ2) is 7.06. The lowest BCUT2D eigenvalue weighted by molar-refractivity contribution is 0.598. The SMILES string of the molecule is O=S(=O)(CCCCCl)Nc1ccc(-c2nccs2)cc1. The molecule has 0 amide bonds. The molecule has 0 unspecified atom stereocenters. The van der Waals surface area contributed by atoms with Crippen molar-refractivity contribution in [1.82, 2.24) is 4.98 Å². The maximum atomic E-state index is 11.8. The summed E-state index contributed by atoms with van der Waals surface area (Å²) in [6.07, 6.45) is 3.01. The summed E-state index contributed by atoms with van der Waals surface area (Å²) in [5.41, 5.74) is 1.54. The Morgan fingerprint density at radius 2 is 1.95 bits per heavy atom. The molecule has 0 bridgehead atoms. The molecule has 0 saturated carbocycles. The van der Waals surface area contributed by atoms with Crippen LogP contribution in [0.5, 0.6) is 0 Å². The third-order valence-electron chi connectivity index (χ3n) is 2.63. The normalized spacial score (nSPS) is 11.4. The van der Waals surface area contributed by atoms with Crippen molar-refractivity contribution in [3.05, 3.63) is 35.8 Å². The third kappa shape index (κ3) is 4.47. The number of aromatic nitrogens is 1. The maximum Gasteiger partial charge on any atom is 0.232 e. The van der Waals surface area contributed by atoms with Crippen molar-refractivity contribution >= 4 is 38.6 Å². The van der Waals surface area contributed by atoms with Gasteiger partial charge in [-0.3, -0.25) is 4.72 Å². The van der Waals surface area contributed by atoms with Crippen LogP contribution >= 0.6 is 22.9 Å². The zero-order valence-corrected chi connectivity index (χ0v) is 13.1. The van der Waals surface area contributed by atoms with E-state index in [4.69, 9.17) is 11.6 Å². The van der Waals surface area contributed by atoms with Crippen LogP contribution in [-0.2, 0) is 10.0 Å². The molecule has 0 aliphatic carbocycles. The number of rotatable bonds is 7. The van der Waals surface area contributed by atoms with Crippen LogP contribution < -0.4 is 4.72 Å². The number of thiazole rings is 1. The van der Waals surface area contributed by atoms with Crippen LogP contribution in [0.25, 0.3) is 10.6 Å². The van der Waals surface area contributed by atoms with E-state index in [0.717, 1.165) is 10.6 Å². The van der Waals surface area contributed by atoms with Crippen molar-refractivity contribution in [2.24, 2.45) is 0 Å². The molecule has 2 rings (SSSR count). The maximum absolute atomic E-state index is 11.8. The first kappa shape index (κ1) is 15.3. The minimum Gasteiger partial charge on any atom is -0.284 e. The van der Waals surface area contributed by atoms with Crippen molar-refractivity contribution in [3.8, 4) is 10.6 Å². The Bertz CT molecular complexity index is 625. The monoisotopic (exact) mass is 330 g/mol. The lowest BCUT2D eigenvalue weighted by atomic mass is 10.2. The highest BCUT2D eigenvalue weighted by molar-refractivity contribution is 7.92. The molecule has 2 aromatic rings. The molecular formula is C13H15ClN2O2S2. The van der Waals surface area contributed by atoms with Crippen LogP contribution in [0.2, 0.25) is 0 Å². The van der Waals surface area contributed by atoms with Crippen molar-refractivity contribution in [2.45, 2.75) is 12.8 Å². The van der Waals surface area contributed by atoms with Crippen LogP contribution in [0.4, 0.5) is 5.69 Å². The van der Waals surface area contributed by atoms with E-state index in [9.17, 15) is 8.42 Å². The molecule has 0 atom stereocenters. The van der Waals surface area contributed by atoms with Crippen LogP contribution in [0.3, 0.4) is 0 Å². The number of alkyl halides is 1. The summed E-state index contributed by atoms with van der Waals surface area (Å²) in [5.74, 6) is 0.575. The molecule has 1 heterocycles. The molecule has 7 heteroatoms. The van der Waals surface area contributed by atoms with Gasteiger partial charge < -0.3 is 0 Å². The van der Waals surface area contributed by atoms with Crippen molar-refractivity contribution in [3.63, 3.8) is 0 Å². The van der Waals surface area contributed by atoms with Gasteiger partial charge >= 0.3 is 0 Å². The van der Waals surface area contributed by atoms with Crippen molar-refractivity contribution in [1.29, 1.82) is 0 Å². The number of anilines is 1. The second-order valence-corrected chi connectivity index (χ2v) is 7.35. The van der Waals surface area contributed by atoms with Gasteiger partial charge in [-0.05, 0) is 37.1 Å². The minimum atomic E-state index is -3.30. The average molecular weight is 331 g/mol. The number of nitrogens with one attached hydrogen (secondary N) is 1. The summed E-state index contributed by atoms with van der Waals surface area (Å²) >= 11 is 7.08. The first-order valence-corrected chi connectivity index (χ1v) is 9.24. The van der Waals surface area contributed by atoms with Gasteiger partial charge in [0.1, 0.15) is 5.01 Å². The molecule has 1 aromatic heterocycles. The van der Waals surface area contributed by atoms with Gasteiger partial charge in [-0.25, -0.2) is 13.4 Å². The molecule has 0 radical (unpaired) electrons. The van der Waals surface area contributed by atoms with Gasteiger partial charge in [0.25, 0.3) is 0 Å². The first-order chi connectivity index (χ1) is 9.61. The predicted molar refractivity (Wildman–Crippen MR) is 84.9 cm³/mol. The van der Waals surface area contributed by atoms with E-state index in [-0.39, 0.29) is 5.75 Å². The number of halogens is 1. The van der Waals surface area contributed by atoms with Gasteiger partial charge in [0, 0.05) is 28.7 Å². The quantitative estimate of drug-likeness (QED) is 0.623. The highest BCUT2D eigenvalue weighted by Gasteiger charge is 2.10. The Morgan fingerprint density at radius 3 is 2.55 bits per heavy atom. The fourth-order valence-electron chi connectivity index (χ4n) is 1.66. The molecule has 0 saturated heterocycles. The van der Waals surface area contributed by atoms with E-state index in [0.29, 0.717) is 24.4 Å². The second-order valence-electron chi connectivity index (χ2n) is 4.23. The highest BCUT2D eigenvalue weighted by atomic mass is 35.5. The van der Waals surface area contributed by atoms with E-state index in [1.54, 1.807) is 29.7 Å². The van der Waals surface area contributed by atoms with Gasteiger partial charge in [-0.1, -0.05) is 0 Å². The zero-order chi connectivity index (χ0) is 14.4. The molecule has 1 aromatic carbocycles. The van der Waals surface area contributed by atoms with Crippen LogP contribution in [0.15, 0.2) is 35.8 Å². The molecule has 1 N–H and O–H groups in total. The molecular weight excluding hydrogens is 316 g/mol. The van der Waals surface area contributed by atoms with Gasteiger partial charge in [0.15, 0.2) is 0 Å². The van der Waals surface area contributed by atoms with Crippen LogP contribution in [0, 0.1) is 0 Å². The topological polar surface area (TPSA) is 59.1 Å². The van der Waals surface area contributed by atoms with Crippen molar-refractivity contribution < 1.29 is 8.42 Å². The van der Waals surface area contributed by atoms with Gasteiger partial charge in [-0.2, -0.15) is 0 Å². The molecule has 20 heavy (non-hydrogen) atoms. The van der Waals surface area contributed by atoms with Gasteiger partial charge in [0.05, 0.1) is 5.75 Å². The van der Waals surface area contributed by atoms with E-state index in [2.05, 4.69) is 9.71 Å². The van der Waals surface area contributed by atoms with E-state index < -0.39 is 10.0 Å². The summed E-state index contributed by atoms with van der Waals surface area (Å²) in [7, 11) is -3.30. The highest BCUT2D eigenvalue weighted by Crippen LogP contribution is 2.23. The Kier molecular flexibility index (Phi) is 5.39. The Hall–Kier alpha value is -1.11. The van der Waals surface area contributed by atoms with Crippen LogP contribution in [0.1, 0.15) is 12.8 Å². The van der Waals surface area contributed by atoms with Gasteiger partial charge in [-0.15, -0.1) is 22.9 Å². The standard InChI is InChI=1S/C13H15ClN2O2S2/c14-7-1-2-10-20(17,18)16-12-5-3-11(4-6-12)13-15-8-9-19-13/h3-6,8-9,16H,1-2,7,10H2. The Labute approximate surface area is 127 Å². The summed E-state index contributed by atoms with van der Waals surface area (Å²) < 4.78 is 26.2. The lowest BCUT2D eigenvalue weighted by Gasteiger charge is -2.08. The first-order valence-electron chi connectivity index (χ1n) is 6.17. The fraction of sp³-hybridized carbons (Fsp3) is 0.308. The number of unbranched alkanes of at least 4 members (excludes halogenated alkanes) is 1. The molecule has 0 spiro atoms. The molecule has 0 fully saturated rings. The zero-order valence-electron chi connectivity index (χ0n) is 10.8. The third-order valence-corrected chi connectivity index (χ3v) is 5.10. The number of nitrogens with zero attached hydrogens (tertiary/aromatic N) is 1. The minimum absolute atomic E-state index is 0.0912. The molecule has 108 valence electrons. The summed E-state index contributed by atoms with van der Waals surface area (Å²) in [6.45, 7) is 0. The van der Waals surface area contributed by atoms with Crippen molar-refractivity contribution in [2.75, 3.05) is 16.4 Å². The molecule has 4 nitrogen and oxygen atoms in total. The van der Waals surface area contributed by atoms with Gasteiger partial charge in [0.2, 0.25) is 10.0 Å². The Balaban J connectivity index is 2.00. The lowest BCUT2D eigenvalue weighted by Crippen LogP contribution is -2.16.